The molecule has 1 fully saturated rings. The van der Waals surface area contributed by atoms with E-state index in [1.807, 2.05) is 37.6 Å². The maximum absolute atomic E-state index is 12.9. The number of benzene rings is 1. The third-order valence-corrected chi connectivity index (χ3v) is 5.00. The number of aromatic nitrogens is 3. The average Bonchev–Trinajstić information content (AvgIpc) is 3.31. The van der Waals surface area contributed by atoms with Crippen LogP contribution in [0.2, 0.25) is 0 Å². The van der Waals surface area contributed by atoms with Crippen LogP contribution in [0.15, 0.2) is 35.0 Å². The van der Waals surface area contributed by atoms with Gasteiger partial charge in [-0.3, -0.25) is 9.48 Å². The van der Waals surface area contributed by atoms with Crippen LogP contribution in [-0.4, -0.2) is 33.8 Å². The lowest BCUT2D eigenvalue weighted by molar-refractivity contribution is -0.119. The van der Waals surface area contributed by atoms with Crippen molar-refractivity contribution in [3.05, 3.63) is 42.0 Å². The van der Waals surface area contributed by atoms with Crippen molar-refractivity contribution in [1.82, 2.24) is 20.1 Å². The van der Waals surface area contributed by atoms with Crippen molar-refractivity contribution < 1.29 is 9.21 Å². The number of carbonyl (C=O) groups excluding carboxylic acids is 1. The second-order valence-electron chi connectivity index (χ2n) is 8.26. The largest absolute Gasteiger partial charge is 0.440 e. The van der Waals surface area contributed by atoms with E-state index in [1.165, 1.54) is 0 Å². The molecule has 2 atom stereocenters. The molecule has 0 bridgehead atoms. The van der Waals surface area contributed by atoms with Crippen LogP contribution in [0.1, 0.15) is 38.1 Å². The first-order chi connectivity index (χ1) is 12.8. The summed E-state index contributed by atoms with van der Waals surface area (Å²) < 4.78 is 7.60. The van der Waals surface area contributed by atoms with Crippen molar-refractivity contribution in [2.24, 2.45) is 13.0 Å². The van der Waals surface area contributed by atoms with Gasteiger partial charge in [0.25, 0.3) is 0 Å². The molecule has 0 radical (unpaired) electrons. The normalized spacial score (nSPS) is 19.6. The Morgan fingerprint density at radius 1 is 1.32 bits per heavy atom. The summed E-state index contributed by atoms with van der Waals surface area (Å²) in [6.45, 7) is 7.62. The fourth-order valence-electron chi connectivity index (χ4n) is 3.50. The molecule has 150 valence electrons. The summed E-state index contributed by atoms with van der Waals surface area (Å²) in [5.74, 6) is 0.694. The number of fused-ring (bicyclic) bond motifs is 1. The number of rotatable bonds is 3. The Bertz CT molecular complexity index is 988. The lowest BCUT2D eigenvalue weighted by atomic mass is 9.90. The zero-order valence-electron chi connectivity index (χ0n) is 16.5. The van der Waals surface area contributed by atoms with Gasteiger partial charge in [0.05, 0.1) is 12.1 Å². The molecule has 0 spiro atoms. The molecule has 0 aliphatic carbocycles. The van der Waals surface area contributed by atoms with Crippen molar-refractivity contribution >= 4 is 35.1 Å². The van der Waals surface area contributed by atoms with Gasteiger partial charge in [-0.15, -0.1) is 12.4 Å². The van der Waals surface area contributed by atoms with Crippen molar-refractivity contribution in [2.75, 3.05) is 18.4 Å². The molecule has 1 aliphatic rings. The maximum Gasteiger partial charge on any atom is 0.229 e. The van der Waals surface area contributed by atoms with Crippen LogP contribution < -0.4 is 10.6 Å². The molecular formula is C20H26ClN5O2. The molecule has 2 N–H and O–H groups in total. The third kappa shape index (κ3) is 3.91. The summed E-state index contributed by atoms with van der Waals surface area (Å²) in [6.07, 6.45) is 3.82. The summed E-state index contributed by atoms with van der Waals surface area (Å²) in [4.78, 5) is 17.5. The van der Waals surface area contributed by atoms with Crippen LogP contribution in [0.4, 0.5) is 5.69 Å². The lowest BCUT2D eigenvalue weighted by Crippen LogP contribution is -2.28. The number of amides is 1. The smallest absolute Gasteiger partial charge is 0.229 e. The first-order valence-corrected chi connectivity index (χ1v) is 9.22. The van der Waals surface area contributed by atoms with Gasteiger partial charge >= 0.3 is 0 Å². The summed E-state index contributed by atoms with van der Waals surface area (Å²) >= 11 is 0. The summed E-state index contributed by atoms with van der Waals surface area (Å²) in [5, 5.41) is 10.6. The topological polar surface area (TPSA) is 85.0 Å². The number of carbonyl (C=O) groups is 1. The standard InChI is InChI=1S/C20H25N5O2.ClH/c1-20(2,3)19-24-16-7-13(5-6-17(16)27-19)23-18(26)15-10-21-9-14(15)12-8-22-25(4)11-12;/h5-8,11,14-15,21H,9-10H2,1-4H3,(H,23,26);1H/t14-,15+;/m1./s1. The van der Waals surface area contributed by atoms with Gasteiger partial charge in [-0.1, -0.05) is 20.8 Å². The second kappa shape index (κ2) is 7.56. The van der Waals surface area contributed by atoms with Crippen LogP contribution >= 0.6 is 12.4 Å². The van der Waals surface area contributed by atoms with Crippen molar-refractivity contribution in [3.8, 4) is 0 Å². The average molecular weight is 404 g/mol. The minimum absolute atomic E-state index is 0. The first-order valence-electron chi connectivity index (χ1n) is 9.22. The number of oxazole rings is 1. The third-order valence-electron chi connectivity index (χ3n) is 5.00. The van der Waals surface area contributed by atoms with Crippen molar-refractivity contribution in [3.63, 3.8) is 0 Å². The molecular weight excluding hydrogens is 378 g/mol. The van der Waals surface area contributed by atoms with E-state index >= 15 is 0 Å². The number of hydrogen-bond donors (Lipinski definition) is 2. The number of hydrogen-bond acceptors (Lipinski definition) is 5. The van der Waals surface area contributed by atoms with Crippen LogP contribution in [0.5, 0.6) is 0 Å². The minimum Gasteiger partial charge on any atom is -0.440 e. The highest BCUT2D eigenvalue weighted by atomic mass is 35.5. The molecule has 3 heterocycles. The van der Waals surface area contributed by atoms with Crippen LogP contribution in [-0.2, 0) is 17.3 Å². The molecule has 1 aliphatic heterocycles. The molecule has 1 amide bonds. The Morgan fingerprint density at radius 3 is 2.79 bits per heavy atom. The van der Waals surface area contributed by atoms with E-state index in [2.05, 4.69) is 41.5 Å². The van der Waals surface area contributed by atoms with Gasteiger partial charge in [0.2, 0.25) is 11.8 Å². The van der Waals surface area contributed by atoms with E-state index in [-0.39, 0.29) is 35.6 Å². The number of halogens is 1. The highest BCUT2D eigenvalue weighted by Crippen LogP contribution is 2.30. The molecule has 8 heteroatoms. The van der Waals surface area contributed by atoms with E-state index in [4.69, 9.17) is 4.42 Å². The zero-order chi connectivity index (χ0) is 19.2. The summed E-state index contributed by atoms with van der Waals surface area (Å²) in [5.41, 5.74) is 3.15. The SMILES string of the molecule is Cl.Cn1cc([C@H]2CNC[C@@H]2C(=O)Nc2ccc3oc(C(C)(C)C)nc3c2)cn1. The van der Waals surface area contributed by atoms with Gasteiger partial charge in [0.15, 0.2) is 5.58 Å². The molecule has 4 rings (SSSR count). The van der Waals surface area contributed by atoms with Gasteiger partial charge in [0.1, 0.15) is 5.52 Å². The first kappa shape index (κ1) is 20.4. The number of aryl methyl sites for hydroxylation is 1. The monoisotopic (exact) mass is 403 g/mol. The highest BCUT2D eigenvalue weighted by molar-refractivity contribution is 5.95. The fourth-order valence-corrected chi connectivity index (χ4v) is 3.50. The minimum atomic E-state index is -0.158. The molecule has 1 aromatic carbocycles. The Hall–Kier alpha value is -2.38. The van der Waals surface area contributed by atoms with Gasteiger partial charge in [-0.2, -0.15) is 5.10 Å². The molecule has 0 saturated carbocycles. The molecule has 2 aromatic heterocycles. The number of nitrogens with one attached hydrogen (secondary N) is 2. The van der Waals surface area contributed by atoms with Crippen molar-refractivity contribution in [2.45, 2.75) is 32.1 Å². The van der Waals surface area contributed by atoms with Crippen molar-refractivity contribution in [1.29, 1.82) is 0 Å². The van der Waals surface area contributed by atoms with Crippen LogP contribution in [0.3, 0.4) is 0 Å². The Balaban J connectivity index is 0.00000225. The van der Waals surface area contributed by atoms with E-state index in [0.717, 1.165) is 28.9 Å². The number of anilines is 1. The lowest BCUT2D eigenvalue weighted by Gasteiger charge is -2.17. The Morgan fingerprint density at radius 2 is 2.11 bits per heavy atom. The van der Waals surface area contributed by atoms with Gasteiger partial charge in [-0.05, 0) is 23.8 Å². The quantitative estimate of drug-likeness (QED) is 0.701. The predicted molar refractivity (Wildman–Crippen MR) is 111 cm³/mol. The maximum atomic E-state index is 12.9. The van der Waals surface area contributed by atoms with Crippen LogP contribution in [0.25, 0.3) is 11.1 Å². The molecule has 3 aromatic rings. The number of nitrogens with zero attached hydrogens (tertiary/aromatic N) is 3. The van der Waals surface area contributed by atoms with Gasteiger partial charge < -0.3 is 15.1 Å². The van der Waals surface area contributed by atoms with E-state index in [0.29, 0.717) is 12.4 Å². The Labute approximate surface area is 170 Å². The highest BCUT2D eigenvalue weighted by Gasteiger charge is 2.34. The zero-order valence-corrected chi connectivity index (χ0v) is 17.3. The summed E-state index contributed by atoms with van der Waals surface area (Å²) in [6, 6.07) is 5.59. The predicted octanol–water partition coefficient (Wildman–Crippen LogP) is 3.22. The second-order valence-corrected chi connectivity index (χ2v) is 8.26. The van der Waals surface area contributed by atoms with E-state index in [9.17, 15) is 4.79 Å². The van der Waals surface area contributed by atoms with E-state index < -0.39 is 0 Å². The fraction of sp³-hybridized carbons (Fsp3) is 0.450. The van der Waals surface area contributed by atoms with Crippen LogP contribution in [0, 0.1) is 5.92 Å². The summed E-state index contributed by atoms with van der Waals surface area (Å²) in [7, 11) is 1.89. The molecule has 1 saturated heterocycles. The van der Waals surface area contributed by atoms with E-state index in [1.54, 1.807) is 4.68 Å². The molecule has 28 heavy (non-hydrogen) atoms. The molecule has 0 unspecified atom stereocenters. The van der Waals surface area contributed by atoms with Gasteiger partial charge in [-0.25, -0.2) is 4.98 Å². The molecule has 7 nitrogen and oxygen atoms in total. The van der Waals surface area contributed by atoms with Gasteiger partial charge in [0, 0.05) is 43.4 Å². The Kier molecular flexibility index (Phi) is 5.50.